The fraction of sp³-hybridized carbons (Fsp3) is 0. The van der Waals surface area contributed by atoms with Crippen LogP contribution in [0.2, 0.25) is 0 Å². The summed E-state index contributed by atoms with van der Waals surface area (Å²) in [4.78, 5) is 2.37. The zero-order chi connectivity index (χ0) is 49.0. The topological polar surface area (TPSA) is 16.4 Å². The minimum Gasteiger partial charge on any atom is -0.455 e. The number of anilines is 3. The Labute approximate surface area is 430 Å². The van der Waals surface area contributed by atoms with Gasteiger partial charge in [0.05, 0.1) is 0 Å². The molecule has 346 valence electrons. The van der Waals surface area contributed by atoms with E-state index in [4.69, 9.17) is 4.42 Å². The quantitative estimate of drug-likeness (QED) is 0.134. The monoisotopic (exact) mass is 941 g/mol. The first-order valence-electron chi connectivity index (χ1n) is 25.4. The number of furan rings is 1. The highest BCUT2D eigenvalue weighted by molar-refractivity contribution is 6.15. The maximum atomic E-state index is 6.59. The highest BCUT2D eigenvalue weighted by atomic mass is 16.3. The van der Waals surface area contributed by atoms with E-state index < -0.39 is 0 Å². The minimum absolute atomic E-state index is 0.883. The van der Waals surface area contributed by atoms with E-state index in [0.29, 0.717) is 0 Å². The van der Waals surface area contributed by atoms with Gasteiger partial charge in [0.1, 0.15) is 11.3 Å². The van der Waals surface area contributed by atoms with Gasteiger partial charge >= 0.3 is 0 Å². The molecule has 13 aromatic carbocycles. The van der Waals surface area contributed by atoms with Crippen LogP contribution in [0, 0.1) is 0 Å². The Kier molecular flexibility index (Phi) is 10.6. The van der Waals surface area contributed by atoms with Gasteiger partial charge in [-0.25, -0.2) is 0 Å². The number of hydrogen-bond acceptors (Lipinski definition) is 2. The normalized spacial score (nSPS) is 11.5. The smallest absolute Gasteiger partial charge is 0.143 e. The Morgan fingerprint density at radius 2 is 0.608 bits per heavy atom. The van der Waals surface area contributed by atoms with E-state index in [0.717, 1.165) is 72.7 Å². The van der Waals surface area contributed by atoms with Crippen LogP contribution >= 0.6 is 0 Å². The van der Waals surface area contributed by atoms with E-state index >= 15 is 0 Å². The van der Waals surface area contributed by atoms with E-state index in [1.807, 2.05) is 6.07 Å². The third-order valence-electron chi connectivity index (χ3n) is 14.9. The van der Waals surface area contributed by atoms with E-state index in [1.165, 1.54) is 65.3 Å². The number of fused-ring (bicyclic) bond motifs is 7. The molecule has 1 aromatic heterocycles. The lowest BCUT2D eigenvalue weighted by molar-refractivity contribution is 0.632. The summed E-state index contributed by atoms with van der Waals surface area (Å²) in [6, 6.07) is 103. The molecule has 14 rings (SSSR count). The van der Waals surface area contributed by atoms with Crippen molar-refractivity contribution in [1.29, 1.82) is 0 Å². The largest absolute Gasteiger partial charge is 0.455 e. The first-order chi connectivity index (χ1) is 36.7. The molecule has 0 bridgehead atoms. The average Bonchev–Trinajstić information content (AvgIpc) is 3.89. The molecule has 0 aliphatic heterocycles. The SMILES string of the molecule is c1ccc(-c2c(-c3cccc(-c4ccc(-c5ccc(N(c6ccc(-c7cc8ccccc8c8ccccc78)cc6)c6ccc(-c7cc8ccccc8c8ccccc78)cc6)cc5)cc4)c3)oc3ccccc23)cc1. The maximum absolute atomic E-state index is 6.59. The summed E-state index contributed by atoms with van der Waals surface area (Å²) in [6.07, 6.45) is 0. The summed E-state index contributed by atoms with van der Waals surface area (Å²) in [5.41, 5.74) is 16.9. The fourth-order valence-electron chi connectivity index (χ4n) is 11.3. The molecule has 0 spiro atoms. The molecule has 2 heteroatoms. The van der Waals surface area contributed by atoms with Crippen molar-refractivity contribution in [3.05, 3.63) is 285 Å². The van der Waals surface area contributed by atoms with E-state index in [9.17, 15) is 0 Å². The van der Waals surface area contributed by atoms with Crippen molar-refractivity contribution in [2.45, 2.75) is 0 Å². The zero-order valence-corrected chi connectivity index (χ0v) is 40.5. The standard InChI is InChI=1S/C72H47NO/c1-2-15-53(16-3-1)71-67-27-12-13-28-70(67)74-72(71)57-20-14-19-54(45-57)50-31-29-48(30-32-50)49-33-39-58(40-34-49)73(59-41-35-51(36-42-59)68-46-55-17-4-6-21-61(55)63-23-8-10-25-65(63)68)60-43-37-52(38-44-60)69-47-56-18-5-7-22-62(56)64-24-9-11-26-66(64)69/h1-47H. The lowest BCUT2D eigenvalue weighted by atomic mass is 9.93. The van der Waals surface area contributed by atoms with Gasteiger partial charge < -0.3 is 9.32 Å². The minimum atomic E-state index is 0.883. The second-order valence-corrected chi connectivity index (χ2v) is 19.2. The number of para-hydroxylation sites is 1. The molecule has 0 aliphatic carbocycles. The van der Waals surface area contributed by atoms with Crippen molar-refractivity contribution < 1.29 is 4.42 Å². The van der Waals surface area contributed by atoms with Crippen molar-refractivity contribution in [3.8, 4) is 67.0 Å². The second kappa shape index (κ2) is 18.1. The highest BCUT2D eigenvalue weighted by Crippen LogP contribution is 2.44. The van der Waals surface area contributed by atoms with Gasteiger partial charge in [0.2, 0.25) is 0 Å². The van der Waals surface area contributed by atoms with Crippen LogP contribution in [0.25, 0.3) is 121 Å². The van der Waals surface area contributed by atoms with Gasteiger partial charge in [0.25, 0.3) is 0 Å². The van der Waals surface area contributed by atoms with Gasteiger partial charge in [-0.3, -0.25) is 0 Å². The van der Waals surface area contributed by atoms with E-state index in [1.54, 1.807) is 0 Å². The Morgan fingerprint density at radius 3 is 1.14 bits per heavy atom. The molecular weight excluding hydrogens is 895 g/mol. The molecule has 0 amide bonds. The fourth-order valence-corrected chi connectivity index (χ4v) is 11.3. The molecule has 0 radical (unpaired) electrons. The zero-order valence-electron chi connectivity index (χ0n) is 40.5. The van der Waals surface area contributed by atoms with Crippen LogP contribution in [0.15, 0.2) is 290 Å². The van der Waals surface area contributed by atoms with Gasteiger partial charge in [0, 0.05) is 33.6 Å². The maximum Gasteiger partial charge on any atom is 0.143 e. The molecule has 0 saturated carbocycles. The van der Waals surface area contributed by atoms with Crippen molar-refractivity contribution in [3.63, 3.8) is 0 Å². The van der Waals surface area contributed by atoms with Crippen LogP contribution in [-0.4, -0.2) is 0 Å². The summed E-state index contributed by atoms with van der Waals surface area (Å²) < 4.78 is 6.59. The summed E-state index contributed by atoms with van der Waals surface area (Å²) in [7, 11) is 0. The highest BCUT2D eigenvalue weighted by Gasteiger charge is 2.19. The van der Waals surface area contributed by atoms with Gasteiger partial charge in [-0.05, 0) is 154 Å². The lowest BCUT2D eigenvalue weighted by Gasteiger charge is -2.26. The third-order valence-corrected chi connectivity index (χ3v) is 14.9. The van der Waals surface area contributed by atoms with E-state index in [-0.39, 0.29) is 0 Å². The second-order valence-electron chi connectivity index (χ2n) is 19.2. The molecule has 1 heterocycles. The van der Waals surface area contributed by atoms with Gasteiger partial charge in [-0.2, -0.15) is 0 Å². The number of nitrogens with zero attached hydrogens (tertiary/aromatic N) is 1. The molecule has 2 nitrogen and oxygen atoms in total. The Bertz CT molecular complexity index is 4220. The molecule has 74 heavy (non-hydrogen) atoms. The van der Waals surface area contributed by atoms with Crippen molar-refractivity contribution >= 4 is 71.1 Å². The Morgan fingerprint density at radius 1 is 0.230 bits per heavy atom. The summed E-state index contributed by atoms with van der Waals surface area (Å²) in [5.74, 6) is 0.883. The molecular formula is C72H47NO. The van der Waals surface area contributed by atoms with Gasteiger partial charge in [0.15, 0.2) is 0 Å². The third kappa shape index (κ3) is 7.60. The number of rotatable bonds is 9. The van der Waals surface area contributed by atoms with Crippen molar-refractivity contribution in [2.24, 2.45) is 0 Å². The van der Waals surface area contributed by atoms with Crippen LogP contribution in [0.1, 0.15) is 0 Å². The summed E-state index contributed by atoms with van der Waals surface area (Å²) in [6.45, 7) is 0. The average molecular weight is 942 g/mol. The molecule has 0 atom stereocenters. The predicted octanol–water partition coefficient (Wildman–Crippen LogP) is 20.5. The summed E-state index contributed by atoms with van der Waals surface area (Å²) in [5, 5.41) is 11.2. The molecule has 14 aromatic rings. The predicted molar refractivity (Wildman–Crippen MR) is 314 cm³/mol. The van der Waals surface area contributed by atoms with Gasteiger partial charge in [-0.15, -0.1) is 0 Å². The number of hydrogen-bond donors (Lipinski definition) is 0. The van der Waals surface area contributed by atoms with Crippen LogP contribution < -0.4 is 4.90 Å². The van der Waals surface area contributed by atoms with Crippen molar-refractivity contribution in [2.75, 3.05) is 4.90 Å². The molecule has 0 unspecified atom stereocenters. The van der Waals surface area contributed by atoms with Crippen LogP contribution in [-0.2, 0) is 0 Å². The van der Waals surface area contributed by atoms with E-state index in [2.05, 4.69) is 284 Å². The Hall–Kier alpha value is -9.76. The Balaban J connectivity index is 0.808. The molecule has 0 aliphatic rings. The molecule has 0 fully saturated rings. The number of benzene rings is 13. The summed E-state index contributed by atoms with van der Waals surface area (Å²) >= 11 is 0. The molecule has 0 N–H and O–H groups in total. The van der Waals surface area contributed by atoms with Crippen LogP contribution in [0.5, 0.6) is 0 Å². The molecule has 0 saturated heterocycles. The lowest BCUT2D eigenvalue weighted by Crippen LogP contribution is -2.09. The first kappa shape index (κ1) is 43.1. The van der Waals surface area contributed by atoms with Crippen LogP contribution in [0.4, 0.5) is 17.1 Å². The van der Waals surface area contributed by atoms with Gasteiger partial charge in [-0.1, -0.05) is 224 Å². The van der Waals surface area contributed by atoms with Crippen LogP contribution in [0.3, 0.4) is 0 Å². The van der Waals surface area contributed by atoms with Crippen molar-refractivity contribution in [1.82, 2.24) is 0 Å². The first-order valence-corrected chi connectivity index (χ1v) is 25.4.